The summed E-state index contributed by atoms with van der Waals surface area (Å²) < 4.78 is 0. The first-order valence-electron chi connectivity index (χ1n) is 29.2. The summed E-state index contributed by atoms with van der Waals surface area (Å²) in [5.41, 5.74) is 1.47. The van der Waals surface area contributed by atoms with Crippen LogP contribution in [0.5, 0.6) is 0 Å². The molecule has 0 nitrogen and oxygen atoms in total. The zero-order chi connectivity index (χ0) is 47.9. The molecule has 0 N–H and O–H groups in total. The lowest BCUT2D eigenvalue weighted by molar-refractivity contribution is 0.431. The van der Waals surface area contributed by atoms with Crippen LogP contribution in [-0.4, -0.2) is 0 Å². The molecule has 0 saturated carbocycles. The molecule has 0 radical (unpaired) electrons. The van der Waals surface area contributed by atoms with Gasteiger partial charge in [0.2, 0.25) is 0 Å². The highest BCUT2D eigenvalue weighted by atomic mass is 14.1. The molecular formula is C65H126. The van der Waals surface area contributed by atoms with Crippen molar-refractivity contribution in [3.05, 3.63) is 85.1 Å². The zero-order valence-electron chi connectivity index (χ0n) is 46.0. The molecule has 0 aromatic rings. The van der Waals surface area contributed by atoms with Crippen LogP contribution in [0.2, 0.25) is 0 Å². The van der Waals surface area contributed by atoms with Crippen LogP contribution in [0.25, 0.3) is 0 Å². The summed E-state index contributed by atoms with van der Waals surface area (Å²) in [6.45, 7) is 23.7. The Morgan fingerprint density at radius 3 is 0.877 bits per heavy atom. The summed E-state index contributed by atoms with van der Waals surface area (Å²) in [5.74, 6) is 0.937. The number of rotatable bonds is 46. The molecule has 1 unspecified atom stereocenters. The summed E-state index contributed by atoms with van der Waals surface area (Å²) in [6, 6.07) is 0. The van der Waals surface area contributed by atoms with Gasteiger partial charge in [-0.05, 0) is 121 Å². The normalized spacial score (nSPS) is 11.9. The van der Waals surface area contributed by atoms with Gasteiger partial charge in [-0.3, -0.25) is 0 Å². The fraction of sp³-hybridized carbons (Fsp3) is 0.785. The second kappa shape index (κ2) is 73.7. The van der Waals surface area contributed by atoms with Crippen molar-refractivity contribution in [2.45, 2.75) is 327 Å². The van der Waals surface area contributed by atoms with Crippen LogP contribution in [0.1, 0.15) is 327 Å². The zero-order valence-corrected chi connectivity index (χ0v) is 46.0. The molecular weight excluding hydrogens is 781 g/mol. The third-order valence-electron chi connectivity index (χ3n) is 11.9. The van der Waals surface area contributed by atoms with E-state index in [1.54, 1.807) is 0 Å². The Labute approximate surface area is 415 Å². The molecule has 0 bridgehead atoms. The molecule has 386 valence electrons. The molecule has 0 aliphatic rings. The van der Waals surface area contributed by atoms with Gasteiger partial charge in [0.1, 0.15) is 0 Å². The van der Waals surface area contributed by atoms with Gasteiger partial charge in [-0.15, -0.1) is 0 Å². The van der Waals surface area contributed by atoms with Crippen LogP contribution in [0, 0.1) is 5.92 Å². The van der Waals surface area contributed by atoms with E-state index in [1.165, 1.54) is 243 Å². The molecule has 0 spiro atoms. The average Bonchev–Trinajstić information content (AvgIpc) is 3.32. The standard InChI is InChI=1S/C37H68.C23H42.2C2H6.CH4/c1-4-6-8-10-12-14-16-18-20-22-24-26-28-30-32-34-36-37(3)35-33-31-29-27-25-23-21-19-17-15-13-11-9-7-5-2;1-4-6-8-9-10-11-12-13-14-15-16-17-18-19-20-22-23(3)21-7-5-2;2*1-2;/h11-14,17-20,37H,4-10,15-16,21-36H2,1-3H3;10-11,13-14H,3-9,12,15-22H2,1-2H3;2*1-2H3;1H4/b13-11-,14-12-,19-17-,20-18-;11-10-,14-13-;;;. The summed E-state index contributed by atoms with van der Waals surface area (Å²) in [4.78, 5) is 0. The fourth-order valence-electron chi connectivity index (χ4n) is 7.65. The van der Waals surface area contributed by atoms with E-state index in [-0.39, 0.29) is 7.43 Å². The minimum atomic E-state index is 0. The van der Waals surface area contributed by atoms with Gasteiger partial charge >= 0.3 is 0 Å². The summed E-state index contributed by atoms with van der Waals surface area (Å²) in [6.07, 6.45) is 81.9. The summed E-state index contributed by atoms with van der Waals surface area (Å²) in [5, 5.41) is 0. The number of unbranched alkanes of at least 4 members (excludes halogenated alkanes) is 26. The fourth-order valence-corrected chi connectivity index (χ4v) is 7.65. The Morgan fingerprint density at radius 1 is 0.308 bits per heavy atom. The molecule has 0 heteroatoms. The van der Waals surface area contributed by atoms with Crippen LogP contribution in [0.4, 0.5) is 0 Å². The average molecular weight is 908 g/mol. The van der Waals surface area contributed by atoms with Crippen molar-refractivity contribution in [1.82, 2.24) is 0 Å². The lowest BCUT2D eigenvalue weighted by Crippen LogP contribution is -1.95. The quantitative estimate of drug-likeness (QED) is 0.0422. The van der Waals surface area contributed by atoms with Crippen molar-refractivity contribution in [2.75, 3.05) is 0 Å². The summed E-state index contributed by atoms with van der Waals surface area (Å²) >= 11 is 0. The first kappa shape index (κ1) is 72.2. The van der Waals surface area contributed by atoms with E-state index in [0.29, 0.717) is 0 Å². The highest BCUT2D eigenvalue weighted by Gasteiger charge is 2.02. The maximum Gasteiger partial charge on any atom is -0.0169 e. The Bertz CT molecular complexity index is 968. The molecule has 0 heterocycles. The number of hydrogen-bond donors (Lipinski definition) is 0. The minimum Gasteiger partial charge on any atom is -0.0999 e. The highest BCUT2D eigenvalue weighted by molar-refractivity contribution is 4.95. The van der Waals surface area contributed by atoms with E-state index in [9.17, 15) is 0 Å². The largest absolute Gasteiger partial charge is 0.0999 e. The van der Waals surface area contributed by atoms with Crippen molar-refractivity contribution in [3.8, 4) is 0 Å². The maximum atomic E-state index is 4.18. The summed E-state index contributed by atoms with van der Waals surface area (Å²) in [7, 11) is 0. The van der Waals surface area contributed by atoms with Crippen molar-refractivity contribution in [1.29, 1.82) is 0 Å². The van der Waals surface area contributed by atoms with E-state index in [2.05, 4.69) is 114 Å². The second-order valence-corrected chi connectivity index (χ2v) is 18.3. The molecule has 0 fully saturated rings. The number of allylic oxidation sites excluding steroid dienone is 13. The van der Waals surface area contributed by atoms with Crippen molar-refractivity contribution < 1.29 is 0 Å². The second-order valence-electron chi connectivity index (χ2n) is 18.3. The molecule has 0 saturated heterocycles. The molecule has 0 aliphatic heterocycles. The van der Waals surface area contributed by atoms with Gasteiger partial charge in [-0.1, -0.05) is 296 Å². The van der Waals surface area contributed by atoms with Gasteiger partial charge in [-0.25, -0.2) is 0 Å². The lowest BCUT2D eigenvalue weighted by Gasteiger charge is -2.11. The maximum absolute atomic E-state index is 4.18. The predicted molar refractivity (Wildman–Crippen MR) is 310 cm³/mol. The Kier molecular flexibility index (Phi) is 81.9. The molecule has 0 aliphatic carbocycles. The van der Waals surface area contributed by atoms with Crippen molar-refractivity contribution in [2.24, 2.45) is 5.92 Å². The molecule has 0 rings (SSSR count). The van der Waals surface area contributed by atoms with E-state index in [4.69, 9.17) is 0 Å². The molecule has 0 aromatic carbocycles. The van der Waals surface area contributed by atoms with Gasteiger partial charge < -0.3 is 0 Å². The van der Waals surface area contributed by atoms with Crippen LogP contribution in [0.3, 0.4) is 0 Å². The Morgan fingerprint density at radius 2 is 0.554 bits per heavy atom. The number of hydrogen-bond acceptors (Lipinski definition) is 0. The minimum absolute atomic E-state index is 0. The first-order chi connectivity index (χ1) is 31.6. The van der Waals surface area contributed by atoms with E-state index < -0.39 is 0 Å². The highest BCUT2D eigenvalue weighted by Crippen LogP contribution is 2.19. The van der Waals surface area contributed by atoms with Crippen molar-refractivity contribution >= 4 is 0 Å². The Balaban J connectivity index is -0.000000368. The van der Waals surface area contributed by atoms with Gasteiger partial charge in [0.05, 0.1) is 0 Å². The lowest BCUT2D eigenvalue weighted by atomic mass is 9.96. The van der Waals surface area contributed by atoms with E-state index in [0.717, 1.165) is 25.2 Å². The third-order valence-corrected chi connectivity index (χ3v) is 11.9. The van der Waals surface area contributed by atoms with E-state index in [1.807, 2.05) is 27.7 Å². The predicted octanol–water partition coefficient (Wildman–Crippen LogP) is 24.9. The van der Waals surface area contributed by atoms with Crippen LogP contribution in [-0.2, 0) is 0 Å². The molecule has 0 amide bonds. The van der Waals surface area contributed by atoms with Crippen LogP contribution in [0.15, 0.2) is 85.1 Å². The monoisotopic (exact) mass is 907 g/mol. The molecule has 1 atom stereocenters. The van der Waals surface area contributed by atoms with Crippen LogP contribution >= 0.6 is 0 Å². The molecule has 65 heavy (non-hydrogen) atoms. The van der Waals surface area contributed by atoms with Gasteiger partial charge in [0.25, 0.3) is 0 Å². The van der Waals surface area contributed by atoms with Gasteiger partial charge in [-0.2, -0.15) is 0 Å². The first-order valence-corrected chi connectivity index (χ1v) is 29.2. The third kappa shape index (κ3) is 76.7. The Hall–Kier alpha value is -1.82. The SMILES string of the molecule is C.C=C(CCCC)CCCCCCC/C=C\C/C=C\CCCCC.CC.CC.CCCC/C=C\C/C=C\CCCCCCCCC(C)CCCCCCCC/C=C\C/C=C\CCCCC. The van der Waals surface area contributed by atoms with Gasteiger partial charge in [0.15, 0.2) is 0 Å². The smallest absolute Gasteiger partial charge is 0.0169 e. The molecule has 0 aromatic heterocycles. The van der Waals surface area contributed by atoms with Crippen molar-refractivity contribution in [3.63, 3.8) is 0 Å². The van der Waals surface area contributed by atoms with Gasteiger partial charge in [0, 0.05) is 0 Å². The topological polar surface area (TPSA) is 0 Å². The van der Waals surface area contributed by atoms with E-state index >= 15 is 0 Å². The van der Waals surface area contributed by atoms with Crippen LogP contribution < -0.4 is 0 Å².